The van der Waals surface area contributed by atoms with E-state index in [1.807, 2.05) is 25.2 Å². The summed E-state index contributed by atoms with van der Waals surface area (Å²) in [6.45, 7) is 13.4. The molecule has 15 heavy (non-hydrogen) atoms. The Kier molecular flexibility index (Phi) is 8.21. The summed E-state index contributed by atoms with van der Waals surface area (Å²) in [7, 11) is 0. The molecule has 0 N–H and O–H groups in total. The van der Waals surface area contributed by atoms with E-state index < -0.39 is 0 Å². The predicted octanol–water partition coefficient (Wildman–Crippen LogP) is 4.92. The molecule has 0 bridgehead atoms. The van der Waals surface area contributed by atoms with Gasteiger partial charge in [-0.25, -0.2) is 0 Å². The molecule has 0 amide bonds. The topological polar surface area (TPSA) is 0 Å². The van der Waals surface area contributed by atoms with Crippen LogP contribution in [0.15, 0.2) is 48.4 Å². The van der Waals surface area contributed by atoms with E-state index in [0.717, 1.165) is 30.6 Å². The van der Waals surface area contributed by atoms with Crippen LogP contribution in [0, 0.1) is 5.92 Å². The summed E-state index contributed by atoms with van der Waals surface area (Å²) in [6, 6.07) is 0. The summed E-state index contributed by atoms with van der Waals surface area (Å²) in [4.78, 5) is 1.07. The highest BCUT2D eigenvalue weighted by Gasteiger charge is 2.04. The maximum Gasteiger partial charge on any atom is -0.0183 e. The molecular weight excluding hydrogens is 200 g/mol. The number of allylic oxidation sites excluding steroid dienone is 5. The lowest BCUT2D eigenvalue weighted by Gasteiger charge is -2.12. The van der Waals surface area contributed by atoms with E-state index in [0.29, 0.717) is 5.92 Å². The van der Waals surface area contributed by atoms with Gasteiger partial charge in [-0.1, -0.05) is 24.8 Å². The van der Waals surface area contributed by atoms with Crippen molar-refractivity contribution in [2.75, 3.05) is 0 Å². The molecule has 0 aromatic carbocycles. The Morgan fingerprint density at radius 2 is 1.93 bits per heavy atom. The average Bonchev–Trinajstić information content (AvgIpc) is 2.23. The van der Waals surface area contributed by atoms with Crippen molar-refractivity contribution >= 4 is 12.6 Å². The van der Waals surface area contributed by atoms with Crippen molar-refractivity contribution in [3.05, 3.63) is 48.4 Å². The van der Waals surface area contributed by atoms with E-state index in [1.165, 1.54) is 5.57 Å². The third kappa shape index (κ3) is 6.40. The van der Waals surface area contributed by atoms with Crippen molar-refractivity contribution in [2.24, 2.45) is 5.92 Å². The third-order valence-electron chi connectivity index (χ3n) is 2.57. The lowest BCUT2D eigenvalue weighted by atomic mass is 9.95. The number of rotatable bonds is 8. The van der Waals surface area contributed by atoms with Gasteiger partial charge in [-0.15, -0.1) is 25.8 Å². The molecule has 0 nitrogen and oxygen atoms in total. The minimum Gasteiger partial charge on any atom is -0.148 e. The van der Waals surface area contributed by atoms with Gasteiger partial charge < -0.3 is 0 Å². The second-order valence-electron chi connectivity index (χ2n) is 3.72. The monoisotopic (exact) mass is 222 g/mol. The van der Waals surface area contributed by atoms with Crippen molar-refractivity contribution in [2.45, 2.75) is 32.6 Å². The molecule has 0 radical (unpaired) electrons. The Bertz CT molecular complexity index is 244. The van der Waals surface area contributed by atoms with Gasteiger partial charge in [0, 0.05) is 0 Å². The van der Waals surface area contributed by atoms with Crippen molar-refractivity contribution < 1.29 is 0 Å². The first-order valence-corrected chi connectivity index (χ1v) is 5.85. The van der Waals surface area contributed by atoms with Crippen LogP contribution in [0.4, 0.5) is 0 Å². The molecule has 1 atom stereocenters. The fourth-order valence-electron chi connectivity index (χ4n) is 1.48. The lowest BCUT2D eigenvalue weighted by molar-refractivity contribution is 0.552. The third-order valence-corrected chi connectivity index (χ3v) is 2.86. The van der Waals surface area contributed by atoms with Gasteiger partial charge in [-0.05, 0) is 49.0 Å². The molecule has 0 saturated carbocycles. The summed E-state index contributed by atoms with van der Waals surface area (Å²) < 4.78 is 0. The van der Waals surface area contributed by atoms with Gasteiger partial charge in [-0.3, -0.25) is 0 Å². The number of thiol groups is 1. The van der Waals surface area contributed by atoms with Gasteiger partial charge in [0.05, 0.1) is 0 Å². The summed E-state index contributed by atoms with van der Waals surface area (Å²) in [5.41, 5.74) is 1.24. The Labute approximate surface area is 99.9 Å². The molecular formula is C14H22S. The van der Waals surface area contributed by atoms with Crippen LogP contribution < -0.4 is 0 Å². The maximum absolute atomic E-state index is 4.34. The minimum atomic E-state index is 0.575. The van der Waals surface area contributed by atoms with Crippen molar-refractivity contribution in [1.82, 2.24) is 0 Å². The van der Waals surface area contributed by atoms with E-state index >= 15 is 0 Å². The molecule has 0 heterocycles. The minimum absolute atomic E-state index is 0.575. The molecule has 0 spiro atoms. The number of hydrogen-bond donors (Lipinski definition) is 1. The van der Waals surface area contributed by atoms with Crippen molar-refractivity contribution in [3.63, 3.8) is 0 Å². The first kappa shape index (κ1) is 14.3. The second kappa shape index (κ2) is 8.60. The molecule has 0 aliphatic rings. The molecule has 0 rings (SSSR count). The van der Waals surface area contributed by atoms with Gasteiger partial charge in [-0.2, -0.15) is 0 Å². The zero-order valence-electron chi connectivity index (χ0n) is 9.71. The highest BCUT2D eigenvalue weighted by molar-refractivity contribution is 7.84. The lowest BCUT2D eigenvalue weighted by Crippen LogP contribution is -1.96. The normalized spacial score (nSPS) is 14.0. The molecule has 0 aliphatic carbocycles. The fourth-order valence-corrected chi connectivity index (χ4v) is 1.69. The Balaban J connectivity index is 4.09. The zero-order chi connectivity index (χ0) is 11.7. The van der Waals surface area contributed by atoms with Crippen LogP contribution in [-0.2, 0) is 0 Å². The van der Waals surface area contributed by atoms with Crippen LogP contribution in [0.2, 0.25) is 0 Å². The van der Waals surface area contributed by atoms with Gasteiger partial charge in [0.1, 0.15) is 0 Å². The van der Waals surface area contributed by atoms with E-state index in [1.54, 1.807) is 0 Å². The molecule has 0 aromatic rings. The van der Waals surface area contributed by atoms with Crippen LogP contribution in [-0.4, -0.2) is 0 Å². The smallest absolute Gasteiger partial charge is 0.0183 e. The molecule has 1 unspecified atom stereocenters. The van der Waals surface area contributed by atoms with Crippen molar-refractivity contribution in [1.29, 1.82) is 0 Å². The second-order valence-corrected chi connectivity index (χ2v) is 4.39. The van der Waals surface area contributed by atoms with Gasteiger partial charge >= 0.3 is 0 Å². The average molecular weight is 222 g/mol. The largest absolute Gasteiger partial charge is 0.148 e. The van der Waals surface area contributed by atoms with Crippen LogP contribution in [0.5, 0.6) is 0 Å². The van der Waals surface area contributed by atoms with Crippen LogP contribution >= 0.6 is 12.6 Å². The Hall–Kier alpha value is -0.690. The van der Waals surface area contributed by atoms with Gasteiger partial charge in [0.15, 0.2) is 0 Å². The summed E-state index contributed by atoms with van der Waals surface area (Å²) in [6.07, 6.45) is 10.3. The summed E-state index contributed by atoms with van der Waals surface area (Å²) in [5.74, 6) is 0.575. The quantitative estimate of drug-likeness (QED) is 0.336. The van der Waals surface area contributed by atoms with E-state index in [2.05, 4.69) is 32.4 Å². The first-order chi connectivity index (χ1) is 7.15. The SMILES string of the molecule is C=CCCC(C=C)CC/C(C=C)=C(/C)S. The summed E-state index contributed by atoms with van der Waals surface area (Å²) >= 11 is 4.34. The van der Waals surface area contributed by atoms with Gasteiger partial charge in [0.2, 0.25) is 0 Å². The highest BCUT2D eigenvalue weighted by Crippen LogP contribution is 2.21. The molecule has 0 saturated heterocycles. The molecule has 0 fully saturated rings. The number of hydrogen-bond acceptors (Lipinski definition) is 1. The van der Waals surface area contributed by atoms with E-state index in [9.17, 15) is 0 Å². The summed E-state index contributed by atoms with van der Waals surface area (Å²) in [5, 5.41) is 0. The maximum atomic E-state index is 4.34. The standard InChI is InChI=1S/C14H22S/c1-5-8-9-13(6-2)10-11-14(7-3)12(4)15/h5-7,13,15H,1-3,8-11H2,4H3/b14-12-. The van der Waals surface area contributed by atoms with E-state index in [4.69, 9.17) is 0 Å². The Morgan fingerprint density at radius 1 is 1.27 bits per heavy atom. The molecule has 0 aliphatic heterocycles. The van der Waals surface area contributed by atoms with Crippen LogP contribution in [0.25, 0.3) is 0 Å². The highest BCUT2D eigenvalue weighted by atomic mass is 32.1. The molecule has 1 heteroatoms. The molecule has 84 valence electrons. The molecule has 0 aromatic heterocycles. The van der Waals surface area contributed by atoms with E-state index in [-0.39, 0.29) is 0 Å². The van der Waals surface area contributed by atoms with Gasteiger partial charge in [0.25, 0.3) is 0 Å². The first-order valence-electron chi connectivity index (χ1n) is 5.40. The zero-order valence-corrected chi connectivity index (χ0v) is 10.6. The van der Waals surface area contributed by atoms with Crippen LogP contribution in [0.3, 0.4) is 0 Å². The fraction of sp³-hybridized carbons (Fsp3) is 0.429. The predicted molar refractivity (Wildman–Crippen MR) is 74.2 cm³/mol. The van der Waals surface area contributed by atoms with Crippen LogP contribution in [0.1, 0.15) is 32.6 Å². The van der Waals surface area contributed by atoms with Crippen molar-refractivity contribution in [3.8, 4) is 0 Å². The Morgan fingerprint density at radius 3 is 2.33 bits per heavy atom.